The van der Waals surface area contributed by atoms with Gasteiger partial charge in [0.1, 0.15) is 11.9 Å². The van der Waals surface area contributed by atoms with Gasteiger partial charge in [-0.2, -0.15) is 0 Å². The van der Waals surface area contributed by atoms with Gasteiger partial charge in [-0.1, -0.05) is 13.8 Å². The van der Waals surface area contributed by atoms with Crippen LogP contribution in [0.15, 0.2) is 0 Å². The maximum atomic E-state index is 12.3. The average molecular weight is 393 g/mol. The van der Waals surface area contributed by atoms with Gasteiger partial charge < -0.3 is 14.9 Å². The van der Waals surface area contributed by atoms with Gasteiger partial charge in [-0.15, -0.1) is 0 Å². The molecule has 0 heterocycles. The van der Waals surface area contributed by atoms with Crippen LogP contribution in [0.25, 0.3) is 0 Å². The molecule has 28 heavy (non-hydrogen) atoms. The maximum Gasteiger partial charge on any atom is 0.302 e. The third kappa shape index (κ3) is 2.79. The third-order valence-electron chi connectivity index (χ3n) is 9.54. The fourth-order valence-electron chi connectivity index (χ4n) is 8.20. The van der Waals surface area contributed by atoms with E-state index in [1.807, 2.05) is 6.92 Å². The maximum absolute atomic E-state index is 12.3. The first-order chi connectivity index (χ1) is 13.1. The monoisotopic (exact) mass is 392 g/mol. The predicted octanol–water partition coefficient (Wildman–Crippen LogP) is 3.11. The first-order valence-corrected chi connectivity index (χ1v) is 11.1. The zero-order valence-corrected chi connectivity index (χ0v) is 17.7. The molecule has 10 atom stereocenters. The van der Waals surface area contributed by atoms with Crippen LogP contribution in [0.3, 0.4) is 0 Å². The van der Waals surface area contributed by atoms with Gasteiger partial charge in [-0.05, 0) is 81.0 Å². The van der Waals surface area contributed by atoms with Crippen molar-refractivity contribution in [3.05, 3.63) is 0 Å². The Labute approximate surface area is 168 Å². The van der Waals surface area contributed by atoms with E-state index in [1.54, 1.807) is 6.92 Å². The number of fused-ring (bicyclic) bond motifs is 5. The summed E-state index contributed by atoms with van der Waals surface area (Å²) in [6, 6.07) is 0. The van der Waals surface area contributed by atoms with E-state index in [4.69, 9.17) is 4.74 Å². The number of hydrogen-bond donors (Lipinski definition) is 2. The Morgan fingerprint density at radius 3 is 2.36 bits per heavy atom. The summed E-state index contributed by atoms with van der Waals surface area (Å²) in [6.07, 6.45) is 5.09. The lowest BCUT2D eigenvalue weighted by Gasteiger charge is -2.62. The molecule has 0 radical (unpaired) electrons. The van der Waals surface area contributed by atoms with Gasteiger partial charge >= 0.3 is 5.97 Å². The van der Waals surface area contributed by atoms with Gasteiger partial charge in [0.05, 0.1) is 12.2 Å². The largest absolute Gasteiger partial charge is 0.463 e. The van der Waals surface area contributed by atoms with Crippen molar-refractivity contribution >= 4 is 11.8 Å². The molecule has 5 nitrogen and oxygen atoms in total. The van der Waals surface area contributed by atoms with Crippen molar-refractivity contribution in [1.82, 2.24) is 0 Å². The first-order valence-electron chi connectivity index (χ1n) is 11.1. The van der Waals surface area contributed by atoms with Crippen molar-refractivity contribution in [3.63, 3.8) is 0 Å². The highest BCUT2D eigenvalue weighted by Crippen LogP contribution is 2.67. The molecular formula is C23H36O5. The van der Waals surface area contributed by atoms with Crippen LogP contribution in [-0.2, 0) is 14.3 Å². The molecule has 0 spiro atoms. The molecule has 0 aromatic rings. The Morgan fingerprint density at radius 2 is 1.71 bits per heavy atom. The molecule has 0 aromatic heterocycles. The molecule has 4 saturated carbocycles. The summed E-state index contributed by atoms with van der Waals surface area (Å²) in [6.45, 7) is 7.50. The van der Waals surface area contributed by atoms with Crippen LogP contribution in [0.2, 0.25) is 0 Å². The van der Waals surface area contributed by atoms with Gasteiger partial charge in [0.15, 0.2) is 0 Å². The number of hydrogen-bond acceptors (Lipinski definition) is 5. The number of aliphatic hydroxyl groups is 2. The van der Waals surface area contributed by atoms with E-state index < -0.39 is 17.6 Å². The summed E-state index contributed by atoms with van der Waals surface area (Å²) >= 11 is 0. The zero-order chi connectivity index (χ0) is 20.4. The lowest BCUT2D eigenvalue weighted by atomic mass is 9.44. The lowest BCUT2D eigenvalue weighted by molar-refractivity contribution is -0.188. The highest BCUT2D eigenvalue weighted by Gasteiger charge is 2.66. The van der Waals surface area contributed by atoms with Crippen molar-refractivity contribution in [2.45, 2.75) is 91.0 Å². The van der Waals surface area contributed by atoms with Crippen LogP contribution in [0, 0.1) is 40.4 Å². The van der Waals surface area contributed by atoms with Gasteiger partial charge in [0, 0.05) is 18.3 Å². The summed E-state index contributed by atoms with van der Waals surface area (Å²) < 4.78 is 5.52. The Bertz CT molecular complexity index is 661. The number of aliphatic hydroxyl groups excluding tert-OH is 2. The zero-order valence-electron chi connectivity index (χ0n) is 17.7. The van der Waals surface area contributed by atoms with Crippen LogP contribution in [0.1, 0.15) is 72.6 Å². The summed E-state index contributed by atoms with van der Waals surface area (Å²) in [5.41, 5.74) is -0.402. The topological polar surface area (TPSA) is 83.8 Å². The Morgan fingerprint density at radius 1 is 1.00 bits per heavy atom. The van der Waals surface area contributed by atoms with E-state index in [-0.39, 0.29) is 35.1 Å². The van der Waals surface area contributed by atoms with E-state index in [1.165, 1.54) is 6.92 Å². The predicted molar refractivity (Wildman–Crippen MR) is 104 cm³/mol. The van der Waals surface area contributed by atoms with Gasteiger partial charge in [-0.25, -0.2) is 0 Å². The first kappa shape index (κ1) is 20.3. The second-order valence-electron chi connectivity index (χ2n) is 10.7. The smallest absolute Gasteiger partial charge is 0.302 e. The highest BCUT2D eigenvalue weighted by molar-refractivity contribution is 5.80. The molecule has 4 rings (SSSR count). The van der Waals surface area contributed by atoms with Crippen molar-refractivity contribution in [1.29, 1.82) is 0 Å². The quantitative estimate of drug-likeness (QED) is 0.706. The van der Waals surface area contributed by atoms with Crippen LogP contribution >= 0.6 is 0 Å². The summed E-state index contributed by atoms with van der Waals surface area (Å²) in [4.78, 5) is 23.7. The molecule has 2 N–H and O–H groups in total. The number of carbonyl (C=O) groups excluding carboxylic acids is 2. The number of ether oxygens (including phenoxy) is 1. The third-order valence-corrected chi connectivity index (χ3v) is 9.54. The second kappa shape index (κ2) is 6.80. The van der Waals surface area contributed by atoms with E-state index in [0.29, 0.717) is 24.2 Å². The number of Topliss-reactive ketones (excluding diaryl/α,β-unsaturated/α-hetero) is 1. The van der Waals surface area contributed by atoms with Crippen LogP contribution in [0.5, 0.6) is 0 Å². The van der Waals surface area contributed by atoms with Gasteiger partial charge in [0.2, 0.25) is 0 Å². The minimum Gasteiger partial charge on any atom is -0.463 e. The number of esters is 1. The molecular weight excluding hydrogens is 356 g/mol. The Hall–Kier alpha value is -0.940. The molecule has 0 amide bonds. The molecule has 4 fully saturated rings. The van der Waals surface area contributed by atoms with Crippen LogP contribution in [-0.4, -0.2) is 40.3 Å². The summed E-state index contributed by atoms with van der Waals surface area (Å²) in [5, 5.41) is 22.2. The normalized spacial score (nSPS) is 52.9. The SMILES string of the molecule is CC(=O)O[C@H]1CC[C@@]2(C)[C@H](CC[C@H]3[C@@H]4[C@@H](O)C[C@H](C(C)=O)[C@@]4(C)[C@H](O)C[C@@H]32)C1. The molecule has 0 aliphatic heterocycles. The molecule has 0 aromatic carbocycles. The average Bonchev–Trinajstić information content (AvgIpc) is 2.89. The molecule has 0 saturated heterocycles. The minimum atomic E-state index is -0.549. The minimum absolute atomic E-state index is 0.000817. The standard InChI is InChI=1S/C23H36O5/c1-12(24)17-10-19(26)21-16-6-5-14-9-15(28-13(2)25)7-8-22(14,3)18(16)11-20(27)23(17,21)4/h14-21,26-27H,5-11H2,1-4H3/t14-,15+,16-,17-,18+,19+,20-,21-,22+,23+/m1/s1. The lowest BCUT2D eigenvalue weighted by Crippen LogP contribution is -2.60. The van der Waals surface area contributed by atoms with E-state index in [0.717, 1.165) is 38.5 Å². The van der Waals surface area contributed by atoms with Crippen LogP contribution in [0.4, 0.5) is 0 Å². The fraction of sp³-hybridized carbons (Fsp3) is 0.913. The van der Waals surface area contributed by atoms with E-state index in [2.05, 4.69) is 6.92 Å². The number of ketones is 1. The highest BCUT2D eigenvalue weighted by atomic mass is 16.5. The summed E-state index contributed by atoms with van der Waals surface area (Å²) in [7, 11) is 0. The van der Waals surface area contributed by atoms with Gasteiger partial charge in [0.25, 0.3) is 0 Å². The molecule has 158 valence electrons. The Kier molecular flexibility index (Phi) is 4.94. The van der Waals surface area contributed by atoms with Crippen molar-refractivity contribution in [3.8, 4) is 0 Å². The molecule has 0 bridgehead atoms. The second-order valence-corrected chi connectivity index (χ2v) is 10.7. The molecule has 4 aliphatic rings. The summed E-state index contributed by atoms with van der Waals surface area (Å²) in [5.74, 6) is 0.870. The number of rotatable bonds is 2. The molecule has 4 aliphatic carbocycles. The van der Waals surface area contributed by atoms with Crippen molar-refractivity contribution < 1.29 is 24.5 Å². The molecule has 5 heteroatoms. The fourth-order valence-corrected chi connectivity index (χ4v) is 8.20. The molecule has 0 unspecified atom stereocenters. The number of carbonyl (C=O) groups is 2. The van der Waals surface area contributed by atoms with Crippen molar-refractivity contribution in [2.24, 2.45) is 40.4 Å². The van der Waals surface area contributed by atoms with Crippen molar-refractivity contribution in [2.75, 3.05) is 0 Å². The van der Waals surface area contributed by atoms with E-state index in [9.17, 15) is 19.8 Å². The van der Waals surface area contributed by atoms with E-state index >= 15 is 0 Å². The van der Waals surface area contributed by atoms with Gasteiger partial charge in [-0.3, -0.25) is 9.59 Å². The van der Waals surface area contributed by atoms with Crippen LogP contribution < -0.4 is 0 Å². The Balaban J connectivity index is 1.62.